The van der Waals surface area contributed by atoms with Crippen molar-refractivity contribution in [2.75, 3.05) is 18.6 Å². The molecule has 4 nitrogen and oxygen atoms in total. The average Bonchev–Trinajstić information content (AvgIpc) is 2.37. The minimum atomic E-state index is -3.68. The third kappa shape index (κ3) is 4.69. The molecule has 0 saturated carbocycles. The fourth-order valence-electron chi connectivity index (χ4n) is 1.45. The molecule has 0 bridgehead atoms. The molecule has 19 heavy (non-hydrogen) atoms. The summed E-state index contributed by atoms with van der Waals surface area (Å²) in [5, 5.41) is 8.91. The van der Waals surface area contributed by atoms with Gasteiger partial charge in [-0.15, -0.1) is 0 Å². The fourth-order valence-corrected chi connectivity index (χ4v) is 3.83. The van der Waals surface area contributed by atoms with Crippen LogP contribution >= 0.6 is 23.4 Å². The second-order valence-corrected chi connectivity index (χ2v) is 7.22. The first kappa shape index (κ1) is 16.3. The molecule has 1 aromatic carbocycles. The summed E-state index contributed by atoms with van der Waals surface area (Å²) in [6, 6.07) is 6.08. The van der Waals surface area contributed by atoms with Crippen molar-refractivity contribution < 1.29 is 8.42 Å². The van der Waals surface area contributed by atoms with Crippen LogP contribution in [0.4, 0.5) is 0 Å². The van der Waals surface area contributed by atoms with Crippen LogP contribution in [0.1, 0.15) is 12.5 Å². The molecule has 104 valence electrons. The van der Waals surface area contributed by atoms with Gasteiger partial charge in [-0.1, -0.05) is 18.5 Å². The van der Waals surface area contributed by atoms with Crippen LogP contribution in [0, 0.1) is 17.2 Å². The van der Waals surface area contributed by atoms with Crippen molar-refractivity contribution >= 4 is 33.4 Å². The predicted octanol–water partition coefficient (Wildman–Crippen LogP) is 2.49. The number of hydrogen-bond acceptors (Lipinski definition) is 4. The quantitative estimate of drug-likeness (QED) is 0.875. The topological polar surface area (TPSA) is 70.0 Å². The Hall–Kier alpha value is -0.740. The molecular formula is C12H15ClN2O2S2. The highest BCUT2D eigenvalue weighted by Gasteiger charge is 2.19. The van der Waals surface area contributed by atoms with Crippen molar-refractivity contribution in [2.24, 2.45) is 5.92 Å². The number of halogens is 1. The lowest BCUT2D eigenvalue weighted by molar-refractivity contribution is 0.562. The number of sulfonamides is 1. The third-order valence-corrected chi connectivity index (χ3v) is 5.23. The summed E-state index contributed by atoms with van der Waals surface area (Å²) in [4.78, 5) is -0.0513. The van der Waals surface area contributed by atoms with Gasteiger partial charge in [0.2, 0.25) is 10.0 Å². The minimum Gasteiger partial charge on any atom is -0.211 e. The second-order valence-electron chi connectivity index (χ2n) is 4.17. The van der Waals surface area contributed by atoms with Crippen LogP contribution in [-0.2, 0) is 10.0 Å². The van der Waals surface area contributed by atoms with E-state index in [1.54, 1.807) is 11.8 Å². The summed E-state index contributed by atoms with van der Waals surface area (Å²) in [6.07, 6.45) is 1.97. The largest absolute Gasteiger partial charge is 0.242 e. The van der Waals surface area contributed by atoms with E-state index in [4.69, 9.17) is 16.9 Å². The molecule has 0 aliphatic heterocycles. The molecule has 1 unspecified atom stereocenters. The van der Waals surface area contributed by atoms with E-state index in [9.17, 15) is 8.42 Å². The Balaban J connectivity index is 2.92. The molecule has 0 amide bonds. The van der Waals surface area contributed by atoms with Gasteiger partial charge in [0.05, 0.1) is 16.7 Å². The predicted molar refractivity (Wildman–Crippen MR) is 78.9 cm³/mol. The van der Waals surface area contributed by atoms with Gasteiger partial charge in [-0.25, -0.2) is 13.1 Å². The summed E-state index contributed by atoms with van der Waals surface area (Å²) in [5.41, 5.74) is 0.266. The van der Waals surface area contributed by atoms with Crippen LogP contribution in [0.2, 0.25) is 5.02 Å². The van der Waals surface area contributed by atoms with Crippen molar-refractivity contribution in [1.29, 1.82) is 5.26 Å². The number of nitriles is 1. The Morgan fingerprint density at radius 2 is 2.21 bits per heavy atom. The Labute approximate surface area is 123 Å². The van der Waals surface area contributed by atoms with Gasteiger partial charge in [-0.3, -0.25) is 0 Å². The van der Waals surface area contributed by atoms with Crippen LogP contribution in [-0.4, -0.2) is 27.0 Å². The van der Waals surface area contributed by atoms with Crippen molar-refractivity contribution in [1.82, 2.24) is 4.72 Å². The monoisotopic (exact) mass is 318 g/mol. The van der Waals surface area contributed by atoms with Crippen molar-refractivity contribution in [3.05, 3.63) is 28.8 Å². The number of thioether (sulfide) groups is 1. The zero-order chi connectivity index (χ0) is 14.5. The lowest BCUT2D eigenvalue weighted by Gasteiger charge is -2.12. The highest BCUT2D eigenvalue weighted by Crippen LogP contribution is 2.22. The minimum absolute atomic E-state index is 0.0513. The molecule has 0 heterocycles. The van der Waals surface area contributed by atoms with Gasteiger partial charge in [0.1, 0.15) is 4.90 Å². The Kier molecular flexibility index (Phi) is 6.14. The van der Waals surface area contributed by atoms with Gasteiger partial charge >= 0.3 is 0 Å². The van der Waals surface area contributed by atoms with Crippen LogP contribution in [0.3, 0.4) is 0 Å². The van der Waals surface area contributed by atoms with Gasteiger partial charge in [0, 0.05) is 6.54 Å². The van der Waals surface area contributed by atoms with Gasteiger partial charge in [0.25, 0.3) is 0 Å². The first-order valence-corrected chi connectivity index (χ1v) is 8.84. The average molecular weight is 319 g/mol. The third-order valence-electron chi connectivity index (χ3n) is 2.42. The maximum atomic E-state index is 12.1. The van der Waals surface area contributed by atoms with E-state index in [-0.39, 0.29) is 21.4 Å². The molecule has 1 atom stereocenters. The van der Waals surface area contributed by atoms with E-state index >= 15 is 0 Å². The smallest absolute Gasteiger partial charge is 0.211 e. The summed E-state index contributed by atoms with van der Waals surface area (Å²) in [6.45, 7) is 2.31. The molecule has 0 radical (unpaired) electrons. The van der Waals surface area contributed by atoms with E-state index in [0.717, 1.165) is 5.75 Å². The molecule has 1 aromatic rings. The molecule has 7 heteroatoms. The number of rotatable bonds is 6. The Morgan fingerprint density at radius 3 is 2.79 bits per heavy atom. The summed E-state index contributed by atoms with van der Waals surface area (Å²) in [5.74, 6) is 1.09. The maximum absolute atomic E-state index is 12.1. The lowest BCUT2D eigenvalue weighted by atomic mass is 10.2. The molecule has 0 spiro atoms. The van der Waals surface area contributed by atoms with E-state index in [1.165, 1.54) is 18.2 Å². The van der Waals surface area contributed by atoms with Gasteiger partial charge in [-0.05, 0) is 36.1 Å². The molecule has 1 rings (SSSR count). The van der Waals surface area contributed by atoms with Crippen molar-refractivity contribution in [3.63, 3.8) is 0 Å². The summed E-state index contributed by atoms with van der Waals surface area (Å²) < 4.78 is 26.8. The zero-order valence-electron chi connectivity index (χ0n) is 10.7. The van der Waals surface area contributed by atoms with Crippen LogP contribution in [0.25, 0.3) is 0 Å². The van der Waals surface area contributed by atoms with Crippen molar-refractivity contribution in [2.45, 2.75) is 11.8 Å². The molecule has 0 saturated heterocycles. The second kappa shape index (κ2) is 7.15. The molecule has 0 aliphatic rings. The highest BCUT2D eigenvalue weighted by atomic mass is 35.5. The highest BCUT2D eigenvalue weighted by molar-refractivity contribution is 7.98. The maximum Gasteiger partial charge on any atom is 0.242 e. The van der Waals surface area contributed by atoms with Gasteiger partial charge in [0.15, 0.2) is 0 Å². The number of nitrogens with zero attached hydrogens (tertiary/aromatic N) is 1. The molecular weight excluding hydrogens is 304 g/mol. The van der Waals surface area contributed by atoms with E-state index in [1.807, 2.05) is 19.2 Å². The first-order chi connectivity index (χ1) is 8.90. The van der Waals surface area contributed by atoms with Crippen LogP contribution < -0.4 is 4.72 Å². The zero-order valence-corrected chi connectivity index (χ0v) is 13.1. The van der Waals surface area contributed by atoms with Crippen LogP contribution in [0.5, 0.6) is 0 Å². The van der Waals surface area contributed by atoms with E-state index < -0.39 is 10.0 Å². The number of nitrogens with one attached hydrogen (secondary N) is 1. The number of hydrogen-bond donors (Lipinski definition) is 1. The SMILES string of the molecule is CSCC(C)CNS(=O)(=O)c1cc(C#N)ccc1Cl. The Bertz CT molecular complexity index is 582. The summed E-state index contributed by atoms with van der Waals surface area (Å²) >= 11 is 7.54. The van der Waals surface area contributed by atoms with E-state index in [0.29, 0.717) is 6.54 Å². The Morgan fingerprint density at radius 1 is 1.53 bits per heavy atom. The fraction of sp³-hybridized carbons (Fsp3) is 0.417. The summed E-state index contributed by atoms with van der Waals surface area (Å²) in [7, 11) is -3.68. The standard InChI is InChI=1S/C12H15ClN2O2S2/c1-9(8-18-2)7-15-19(16,17)12-5-10(6-14)3-4-11(12)13/h3-5,9,15H,7-8H2,1-2H3. The molecule has 1 N–H and O–H groups in total. The lowest BCUT2D eigenvalue weighted by Crippen LogP contribution is -2.29. The van der Waals surface area contributed by atoms with Gasteiger partial charge < -0.3 is 0 Å². The first-order valence-electron chi connectivity index (χ1n) is 5.59. The van der Waals surface area contributed by atoms with Crippen LogP contribution in [0.15, 0.2) is 23.1 Å². The van der Waals surface area contributed by atoms with Gasteiger partial charge in [-0.2, -0.15) is 17.0 Å². The van der Waals surface area contributed by atoms with E-state index in [2.05, 4.69) is 4.72 Å². The molecule has 0 fully saturated rings. The number of benzene rings is 1. The molecule has 0 aromatic heterocycles. The normalized spacial score (nSPS) is 12.9. The van der Waals surface area contributed by atoms with Crippen molar-refractivity contribution in [3.8, 4) is 6.07 Å². The molecule has 0 aliphatic carbocycles.